The fraction of sp³-hybridized carbons (Fsp3) is 0.154. The highest BCUT2D eigenvalue weighted by Gasteiger charge is 2.13. The van der Waals surface area contributed by atoms with Crippen molar-refractivity contribution in [3.8, 4) is 0 Å². The van der Waals surface area contributed by atoms with Crippen LogP contribution in [0.3, 0.4) is 0 Å². The summed E-state index contributed by atoms with van der Waals surface area (Å²) < 4.78 is 27.1. The SMILES string of the molecule is OC(Cc1ccc(Br)cc1F)c1cncc(F)c1. The summed E-state index contributed by atoms with van der Waals surface area (Å²) in [6.45, 7) is 0. The van der Waals surface area contributed by atoms with Gasteiger partial charge in [-0.2, -0.15) is 0 Å². The van der Waals surface area contributed by atoms with Gasteiger partial charge in [-0.25, -0.2) is 8.78 Å². The summed E-state index contributed by atoms with van der Waals surface area (Å²) in [4.78, 5) is 3.65. The van der Waals surface area contributed by atoms with Crippen LogP contribution in [0.2, 0.25) is 0 Å². The molecule has 0 amide bonds. The maximum Gasteiger partial charge on any atom is 0.141 e. The molecular formula is C13H10BrF2NO. The standard InChI is InChI=1S/C13H10BrF2NO/c14-10-2-1-8(12(16)5-10)4-13(18)9-3-11(15)7-17-6-9/h1-3,5-7,13,18H,4H2. The number of aliphatic hydroxyl groups excluding tert-OH is 1. The molecule has 0 aliphatic carbocycles. The van der Waals surface area contributed by atoms with Crippen molar-refractivity contribution < 1.29 is 13.9 Å². The van der Waals surface area contributed by atoms with Crippen LogP contribution in [0, 0.1) is 11.6 Å². The van der Waals surface area contributed by atoms with E-state index >= 15 is 0 Å². The molecule has 0 spiro atoms. The van der Waals surface area contributed by atoms with E-state index in [2.05, 4.69) is 20.9 Å². The number of nitrogens with zero attached hydrogens (tertiary/aromatic N) is 1. The Balaban J connectivity index is 2.18. The van der Waals surface area contributed by atoms with Crippen LogP contribution in [0.25, 0.3) is 0 Å². The van der Waals surface area contributed by atoms with Crippen LogP contribution in [0.15, 0.2) is 41.1 Å². The number of halogens is 3. The molecule has 1 atom stereocenters. The minimum Gasteiger partial charge on any atom is -0.388 e. The van der Waals surface area contributed by atoms with Gasteiger partial charge >= 0.3 is 0 Å². The molecule has 0 saturated heterocycles. The lowest BCUT2D eigenvalue weighted by Crippen LogP contribution is -2.04. The second-order valence-corrected chi connectivity index (χ2v) is 4.81. The van der Waals surface area contributed by atoms with Gasteiger partial charge in [0.15, 0.2) is 0 Å². The van der Waals surface area contributed by atoms with Crippen molar-refractivity contribution in [3.63, 3.8) is 0 Å². The Labute approximate surface area is 111 Å². The fourth-order valence-corrected chi connectivity index (χ4v) is 1.96. The first kappa shape index (κ1) is 13.1. The van der Waals surface area contributed by atoms with Gasteiger partial charge in [0.2, 0.25) is 0 Å². The predicted molar refractivity (Wildman–Crippen MR) is 67.0 cm³/mol. The largest absolute Gasteiger partial charge is 0.388 e. The van der Waals surface area contributed by atoms with Crippen LogP contribution < -0.4 is 0 Å². The lowest BCUT2D eigenvalue weighted by molar-refractivity contribution is 0.176. The maximum atomic E-state index is 13.6. The number of rotatable bonds is 3. The molecule has 1 aromatic carbocycles. The van der Waals surface area contributed by atoms with Gasteiger partial charge in [0.25, 0.3) is 0 Å². The van der Waals surface area contributed by atoms with E-state index in [4.69, 9.17) is 0 Å². The molecule has 0 fully saturated rings. The zero-order valence-corrected chi connectivity index (χ0v) is 10.9. The summed E-state index contributed by atoms with van der Waals surface area (Å²) >= 11 is 3.15. The van der Waals surface area contributed by atoms with Gasteiger partial charge in [-0.3, -0.25) is 4.98 Å². The van der Waals surface area contributed by atoms with Crippen molar-refractivity contribution in [2.45, 2.75) is 12.5 Å². The molecule has 1 heterocycles. The molecule has 18 heavy (non-hydrogen) atoms. The first-order chi connectivity index (χ1) is 8.56. The molecule has 2 rings (SSSR count). The minimum atomic E-state index is -0.983. The van der Waals surface area contributed by atoms with Gasteiger partial charge in [-0.15, -0.1) is 0 Å². The summed E-state index contributed by atoms with van der Waals surface area (Å²) in [7, 11) is 0. The summed E-state index contributed by atoms with van der Waals surface area (Å²) in [5, 5.41) is 9.91. The zero-order valence-electron chi connectivity index (χ0n) is 9.28. The van der Waals surface area contributed by atoms with Crippen molar-refractivity contribution in [3.05, 3.63) is 63.9 Å². The number of aliphatic hydroxyl groups is 1. The van der Waals surface area contributed by atoms with E-state index in [9.17, 15) is 13.9 Å². The van der Waals surface area contributed by atoms with E-state index in [0.717, 1.165) is 6.20 Å². The van der Waals surface area contributed by atoms with Gasteiger partial charge in [-0.1, -0.05) is 22.0 Å². The maximum absolute atomic E-state index is 13.6. The molecule has 0 saturated carbocycles. The highest BCUT2D eigenvalue weighted by atomic mass is 79.9. The summed E-state index contributed by atoms with van der Waals surface area (Å²) in [6, 6.07) is 5.78. The van der Waals surface area contributed by atoms with Crippen LogP contribution in [0.5, 0.6) is 0 Å². The van der Waals surface area contributed by atoms with Crippen molar-refractivity contribution in [1.29, 1.82) is 0 Å². The number of hydrogen-bond acceptors (Lipinski definition) is 2. The summed E-state index contributed by atoms with van der Waals surface area (Å²) in [6.07, 6.45) is 1.51. The molecule has 2 nitrogen and oxygen atoms in total. The highest BCUT2D eigenvalue weighted by Crippen LogP contribution is 2.22. The fourth-order valence-electron chi connectivity index (χ4n) is 1.62. The molecule has 0 aliphatic heterocycles. The molecule has 0 radical (unpaired) electrons. The molecule has 2 aromatic rings. The minimum absolute atomic E-state index is 0.0737. The predicted octanol–water partition coefficient (Wildman–Crippen LogP) is 3.40. The van der Waals surface area contributed by atoms with Crippen molar-refractivity contribution in [2.75, 3.05) is 0 Å². The molecular weight excluding hydrogens is 304 g/mol. The van der Waals surface area contributed by atoms with E-state index in [1.807, 2.05) is 0 Å². The first-order valence-electron chi connectivity index (χ1n) is 5.28. The lowest BCUT2D eigenvalue weighted by Gasteiger charge is -2.11. The quantitative estimate of drug-likeness (QED) is 0.942. The molecule has 0 aliphatic rings. The Morgan fingerprint density at radius 2 is 2.00 bits per heavy atom. The molecule has 1 N–H and O–H groups in total. The van der Waals surface area contributed by atoms with Gasteiger partial charge in [0, 0.05) is 22.7 Å². The Hall–Kier alpha value is -1.33. The van der Waals surface area contributed by atoms with Crippen molar-refractivity contribution in [2.24, 2.45) is 0 Å². The Morgan fingerprint density at radius 1 is 1.22 bits per heavy atom. The van der Waals surface area contributed by atoms with E-state index < -0.39 is 17.7 Å². The molecule has 5 heteroatoms. The average Bonchev–Trinajstić information content (AvgIpc) is 2.32. The first-order valence-corrected chi connectivity index (χ1v) is 6.08. The molecule has 0 bridgehead atoms. The van der Waals surface area contributed by atoms with Crippen LogP contribution in [0.4, 0.5) is 8.78 Å². The van der Waals surface area contributed by atoms with Crippen LogP contribution in [-0.4, -0.2) is 10.1 Å². The number of benzene rings is 1. The lowest BCUT2D eigenvalue weighted by atomic mass is 10.0. The zero-order chi connectivity index (χ0) is 13.1. The van der Waals surface area contributed by atoms with Crippen molar-refractivity contribution in [1.82, 2.24) is 4.98 Å². The normalized spacial score (nSPS) is 12.4. The van der Waals surface area contributed by atoms with Crippen molar-refractivity contribution >= 4 is 15.9 Å². The van der Waals surface area contributed by atoms with E-state index in [1.165, 1.54) is 18.3 Å². The third-order valence-electron chi connectivity index (χ3n) is 2.54. The van der Waals surface area contributed by atoms with E-state index in [0.29, 0.717) is 15.6 Å². The smallest absolute Gasteiger partial charge is 0.141 e. The third kappa shape index (κ3) is 3.11. The molecule has 1 aromatic heterocycles. The van der Waals surface area contributed by atoms with Crippen LogP contribution >= 0.6 is 15.9 Å². The highest BCUT2D eigenvalue weighted by molar-refractivity contribution is 9.10. The monoisotopic (exact) mass is 313 g/mol. The van der Waals surface area contributed by atoms with E-state index in [1.54, 1.807) is 12.1 Å². The molecule has 94 valence electrons. The Morgan fingerprint density at radius 3 is 2.67 bits per heavy atom. The summed E-state index contributed by atoms with van der Waals surface area (Å²) in [5.41, 5.74) is 0.701. The van der Waals surface area contributed by atoms with E-state index in [-0.39, 0.29) is 6.42 Å². The number of aromatic nitrogens is 1. The van der Waals surface area contributed by atoms with Gasteiger partial charge in [-0.05, 0) is 23.8 Å². The third-order valence-corrected chi connectivity index (χ3v) is 3.03. The second kappa shape index (κ2) is 5.54. The summed E-state index contributed by atoms with van der Waals surface area (Å²) in [5.74, 6) is -0.935. The second-order valence-electron chi connectivity index (χ2n) is 3.89. The van der Waals surface area contributed by atoms with Crippen LogP contribution in [0.1, 0.15) is 17.2 Å². The van der Waals surface area contributed by atoms with Gasteiger partial charge in [0.05, 0.1) is 12.3 Å². The van der Waals surface area contributed by atoms with Crippen LogP contribution in [-0.2, 0) is 6.42 Å². The Bertz CT molecular complexity index is 562. The van der Waals surface area contributed by atoms with Gasteiger partial charge < -0.3 is 5.11 Å². The average molecular weight is 314 g/mol. The molecule has 1 unspecified atom stereocenters. The topological polar surface area (TPSA) is 33.1 Å². The number of pyridine rings is 1. The Kier molecular flexibility index (Phi) is 4.04. The number of hydrogen-bond donors (Lipinski definition) is 1. The van der Waals surface area contributed by atoms with Gasteiger partial charge in [0.1, 0.15) is 11.6 Å².